The molecule has 1 fully saturated rings. The van der Waals surface area contributed by atoms with Crippen molar-refractivity contribution in [3.63, 3.8) is 0 Å². The van der Waals surface area contributed by atoms with Gasteiger partial charge in [0.1, 0.15) is 18.7 Å². The molecule has 0 saturated carbocycles. The van der Waals surface area contributed by atoms with Crippen molar-refractivity contribution in [2.75, 3.05) is 13.2 Å². The van der Waals surface area contributed by atoms with E-state index in [9.17, 15) is 19.2 Å². The summed E-state index contributed by atoms with van der Waals surface area (Å²) in [5.41, 5.74) is 0. The van der Waals surface area contributed by atoms with E-state index in [0.29, 0.717) is 19.3 Å². The molecule has 0 aromatic heterocycles. The smallest absolute Gasteiger partial charge is 0.328 e. The van der Waals surface area contributed by atoms with Crippen LogP contribution in [0.2, 0.25) is 0 Å². The van der Waals surface area contributed by atoms with Gasteiger partial charge in [-0.15, -0.1) is 0 Å². The highest BCUT2D eigenvalue weighted by atomic mass is 16.5. The summed E-state index contributed by atoms with van der Waals surface area (Å²) in [4.78, 5) is 49.6. The Morgan fingerprint density at radius 3 is 2.07 bits per heavy atom. The summed E-state index contributed by atoms with van der Waals surface area (Å²) in [6.45, 7) is 7.82. The van der Waals surface area contributed by atoms with Gasteiger partial charge in [-0.25, -0.2) is 4.79 Å². The zero-order valence-corrected chi connectivity index (χ0v) is 18.9. The summed E-state index contributed by atoms with van der Waals surface area (Å²) in [5, 5.41) is 8.35. The Labute approximate surface area is 180 Å². The Morgan fingerprint density at radius 1 is 0.867 bits per heavy atom. The summed E-state index contributed by atoms with van der Waals surface area (Å²) in [6, 6.07) is -1.52. The van der Waals surface area contributed by atoms with Crippen LogP contribution in [0.5, 0.6) is 0 Å². The van der Waals surface area contributed by atoms with E-state index < -0.39 is 18.1 Å². The SMILES string of the molecule is CC[C@H](C)[C@@H]1NC(=O)[C@H](C(C)C)NC(=O)CCCCCCCC(=O)NCCOC1=O. The molecule has 0 aromatic rings. The molecule has 3 N–H and O–H groups in total. The van der Waals surface area contributed by atoms with E-state index in [0.717, 1.165) is 32.1 Å². The molecular weight excluding hydrogens is 386 g/mol. The second-order valence-corrected chi connectivity index (χ2v) is 8.45. The predicted molar refractivity (Wildman–Crippen MR) is 114 cm³/mol. The minimum atomic E-state index is -0.807. The molecule has 1 aliphatic rings. The van der Waals surface area contributed by atoms with Crippen molar-refractivity contribution in [3.05, 3.63) is 0 Å². The Morgan fingerprint density at radius 2 is 1.47 bits per heavy atom. The van der Waals surface area contributed by atoms with Crippen molar-refractivity contribution in [2.24, 2.45) is 11.8 Å². The van der Waals surface area contributed by atoms with Crippen LogP contribution in [0.3, 0.4) is 0 Å². The Bertz CT molecular complexity index is 579. The van der Waals surface area contributed by atoms with Crippen molar-refractivity contribution < 1.29 is 23.9 Å². The molecule has 8 nitrogen and oxygen atoms in total. The number of carbonyl (C=O) groups is 4. The normalized spacial score (nSPS) is 25.1. The van der Waals surface area contributed by atoms with E-state index >= 15 is 0 Å². The fraction of sp³-hybridized carbons (Fsp3) is 0.818. The molecule has 30 heavy (non-hydrogen) atoms. The molecule has 0 bridgehead atoms. The van der Waals surface area contributed by atoms with Crippen LogP contribution in [-0.4, -0.2) is 48.9 Å². The maximum absolute atomic E-state index is 12.9. The van der Waals surface area contributed by atoms with E-state index in [1.165, 1.54) is 0 Å². The van der Waals surface area contributed by atoms with Gasteiger partial charge in [-0.05, 0) is 24.7 Å². The van der Waals surface area contributed by atoms with Crippen LogP contribution in [0, 0.1) is 11.8 Å². The minimum absolute atomic E-state index is 0.0533. The van der Waals surface area contributed by atoms with Crippen molar-refractivity contribution >= 4 is 23.7 Å². The molecule has 3 amide bonds. The summed E-state index contributed by atoms with van der Waals surface area (Å²) < 4.78 is 5.30. The molecule has 172 valence electrons. The molecule has 1 heterocycles. The summed E-state index contributed by atoms with van der Waals surface area (Å²) >= 11 is 0. The quantitative estimate of drug-likeness (QED) is 0.599. The lowest BCUT2D eigenvalue weighted by atomic mass is 9.97. The molecule has 0 radical (unpaired) electrons. The molecule has 0 spiro atoms. The van der Waals surface area contributed by atoms with Gasteiger partial charge in [0.05, 0.1) is 6.54 Å². The third-order valence-corrected chi connectivity index (χ3v) is 5.51. The van der Waals surface area contributed by atoms with Crippen molar-refractivity contribution in [2.45, 2.75) is 91.1 Å². The van der Waals surface area contributed by atoms with E-state index in [-0.39, 0.29) is 42.7 Å². The topological polar surface area (TPSA) is 114 Å². The fourth-order valence-electron chi connectivity index (χ4n) is 3.31. The van der Waals surface area contributed by atoms with Gasteiger partial charge in [0.2, 0.25) is 17.7 Å². The molecule has 0 aromatic carbocycles. The van der Waals surface area contributed by atoms with Crippen molar-refractivity contribution in [1.82, 2.24) is 16.0 Å². The zero-order chi connectivity index (χ0) is 22.5. The molecular formula is C22H39N3O5. The van der Waals surface area contributed by atoms with Crippen LogP contribution in [0.15, 0.2) is 0 Å². The number of cyclic esters (lactones) is 1. The van der Waals surface area contributed by atoms with Gasteiger partial charge in [-0.2, -0.15) is 0 Å². The first-order valence-electron chi connectivity index (χ1n) is 11.3. The zero-order valence-electron chi connectivity index (χ0n) is 18.9. The van der Waals surface area contributed by atoms with Gasteiger partial charge in [0, 0.05) is 12.8 Å². The predicted octanol–water partition coefficient (Wildman–Crippen LogP) is 2.06. The van der Waals surface area contributed by atoms with Gasteiger partial charge < -0.3 is 20.7 Å². The first-order chi connectivity index (χ1) is 14.3. The third kappa shape index (κ3) is 9.59. The molecule has 1 aliphatic heterocycles. The summed E-state index contributed by atoms with van der Waals surface area (Å²) in [7, 11) is 0. The standard InChI is InChI=1S/C22H39N3O5/c1-5-16(4)20-22(29)30-14-13-23-17(26)11-9-7-6-8-10-12-18(27)24-19(15(2)3)21(28)25-20/h15-16,19-20H,5-14H2,1-4H3,(H,23,26)(H,24,27)(H,25,28)/t16-,19-,20-/m0/s1. The monoisotopic (exact) mass is 425 g/mol. The maximum atomic E-state index is 12.9. The highest BCUT2D eigenvalue weighted by molar-refractivity contribution is 5.91. The third-order valence-electron chi connectivity index (χ3n) is 5.51. The van der Waals surface area contributed by atoms with E-state index in [1.54, 1.807) is 0 Å². The first-order valence-corrected chi connectivity index (χ1v) is 11.3. The van der Waals surface area contributed by atoms with E-state index in [1.807, 2.05) is 27.7 Å². The van der Waals surface area contributed by atoms with Crippen LogP contribution in [0.1, 0.15) is 79.1 Å². The molecule has 0 unspecified atom stereocenters. The highest BCUT2D eigenvalue weighted by Crippen LogP contribution is 2.12. The van der Waals surface area contributed by atoms with Crippen molar-refractivity contribution in [1.29, 1.82) is 0 Å². The minimum Gasteiger partial charge on any atom is -0.462 e. The number of rotatable bonds is 3. The van der Waals surface area contributed by atoms with Crippen LogP contribution in [-0.2, 0) is 23.9 Å². The Hall–Kier alpha value is -2.12. The van der Waals surface area contributed by atoms with Gasteiger partial charge in [0.15, 0.2) is 0 Å². The average Bonchev–Trinajstić information content (AvgIpc) is 2.70. The molecule has 1 rings (SSSR count). The number of esters is 1. The van der Waals surface area contributed by atoms with Gasteiger partial charge in [-0.3, -0.25) is 14.4 Å². The lowest BCUT2D eigenvalue weighted by Crippen LogP contribution is -2.55. The second kappa shape index (κ2) is 14.0. The van der Waals surface area contributed by atoms with E-state index in [4.69, 9.17) is 4.74 Å². The number of ether oxygens (including phenoxy) is 1. The number of nitrogens with one attached hydrogen (secondary N) is 3. The lowest BCUT2D eigenvalue weighted by Gasteiger charge is -2.27. The highest BCUT2D eigenvalue weighted by Gasteiger charge is 2.32. The lowest BCUT2D eigenvalue weighted by molar-refractivity contribution is -0.150. The average molecular weight is 426 g/mol. The van der Waals surface area contributed by atoms with Crippen LogP contribution < -0.4 is 16.0 Å². The number of hydrogen-bond acceptors (Lipinski definition) is 5. The Kier molecular flexibility index (Phi) is 12.1. The maximum Gasteiger partial charge on any atom is 0.328 e. The molecule has 8 heteroatoms. The summed E-state index contributed by atoms with van der Waals surface area (Å²) in [5.74, 6) is -1.38. The number of carbonyl (C=O) groups excluding carboxylic acids is 4. The molecule has 1 saturated heterocycles. The van der Waals surface area contributed by atoms with Gasteiger partial charge in [-0.1, -0.05) is 53.4 Å². The fourth-order valence-corrected chi connectivity index (χ4v) is 3.31. The van der Waals surface area contributed by atoms with Gasteiger partial charge in [0.25, 0.3) is 0 Å². The molecule has 3 atom stereocenters. The second-order valence-electron chi connectivity index (χ2n) is 8.45. The largest absolute Gasteiger partial charge is 0.462 e. The van der Waals surface area contributed by atoms with Gasteiger partial charge >= 0.3 is 5.97 Å². The van der Waals surface area contributed by atoms with Crippen LogP contribution in [0.25, 0.3) is 0 Å². The summed E-state index contributed by atoms with van der Waals surface area (Å²) in [6.07, 6.45) is 5.81. The number of hydrogen-bond donors (Lipinski definition) is 3. The molecule has 0 aliphatic carbocycles. The van der Waals surface area contributed by atoms with E-state index in [2.05, 4.69) is 16.0 Å². The van der Waals surface area contributed by atoms with Crippen molar-refractivity contribution in [3.8, 4) is 0 Å². The van der Waals surface area contributed by atoms with Crippen LogP contribution >= 0.6 is 0 Å². The number of amides is 3. The van der Waals surface area contributed by atoms with Crippen LogP contribution in [0.4, 0.5) is 0 Å². The Balaban J connectivity index is 2.89. The first kappa shape index (κ1) is 25.9.